The summed E-state index contributed by atoms with van der Waals surface area (Å²) in [5.41, 5.74) is 1.50. The number of rotatable bonds is 4. The zero-order valence-electron chi connectivity index (χ0n) is 14.5. The molecule has 5 nitrogen and oxygen atoms in total. The molecule has 0 bridgehead atoms. The lowest BCUT2D eigenvalue weighted by Crippen LogP contribution is -2.40. The van der Waals surface area contributed by atoms with Gasteiger partial charge in [0.2, 0.25) is 0 Å². The van der Waals surface area contributed by atoms with Crippen LogP contribution in [-0.4, -0.2) is 34.0 Å². The highest BCUT2D eigenvalue weighted by atomic mass is 19.1. The van der Waals surface area contributed by atoms with Crippen molar-refractivity contribution in [2.75, 3.05) is 13.2 Å². The first kappa shape index (κ1) is 16.7. The average molecular weight is 353 g/mol. The predicted molar refractivity (Wildman–Crippen MR) is 96.5 cm³/mol. The van der Waals surface area contributed by atoms with Gasteiger partial charge in [0.1, 0.15) is 11.6 Å². The van der Waals surface area contributed by atoms with Crippen molar-refractivity contribution >= 4 is 11.4 Å². The van der Waals surface area contributed by atoms with E-state index in [0.29, 0.717) is 23.6 Å². The molecule has 4 rings (SSSR count). The van der Waals surface area contributed by atoms with E-state index in [1.807, 2.05) is 35.7 Å². The number of fused-ring (bicyclic) bond motifs is 1. The standard InChI is InChI=1S/C20H20FN3O2/c1-20(10-4-12-26-20)13-22-19(25)17-16-5-2-3-11-24(16)18(23-17)14-6-8-15(21)9-7-14/h2-3,5-9,11H,4,10,12-13H2,1H3,(H,22,25). The van der Waals surface area contributed by atoms with E-state index in [1.54, 1.807) is 12.1 Å². The van der Waals surface area contributed by atoms with Crippen LogP contribution in [0.25, 0.3) is 16.9 Å². The van der Waals surface area contributed by atoms with E-state index >= 15 is 0 Å². The fourth-order valence-corrected chi connectivity index (χ4v) is 3.33. The van der Waals surface area contributed by atoms with Gasteiger partial charge in [-0.05, 0) is 56.2 Å². The number of amides is 1. The fourth-order valence-electron chi connectivity index (χ4n) is 3.33. The molecule has 6 heteroatoms. The molecule has 2 aromatic heterocycles. The number of imidazole rings is 1. The molecule has 1 aliphatic heterocycles. The Kier molecular flexibility index (Phi) is 4.20. The van der Waals surface area contributed by atoms with Gasteiger partial charge in [-0.3, -0.25) is 9.20 Å². The fraction of sp³-hybridized carbons (Fsp3) is 0.300. The van der Waals surface area contributed by atoms with Crippen molar-refractivity contribution in [3.05, 3.63) is 60.2 Å². The Morgan fingerprint density at radius 3 is 2.85 bits per heavy atom. The lowest BCUT2D eigenvalue weighted by atomic mass is 10.0. The quantitative estimate of drug-likeness (QED) is 0.782. The maximum atomic E-state index is 13.2. The summed E-state index contributed by atoms with van der Waals surface area (Å²) in [6.07, 6.45) is 3.78. The zero-order chi connectivity index (χ0) is 18.1. The van der Waals surface area contributed by atoms with Crippen LogP contribution in [0.3, 0.4) is 0 Å². The minimum absolute atomic E-state index is 0.237. The maximum Gasteiger partial charge on any atom is 0.272 e. The molecule has 1 atom stereocenters. The Morgan fingerprint density at radius 2 is 2.12 bits per heavy atom. The van der Waals surface area contributed by atoms with E-state index in [1.165, 1.54) is 12.1 Å². The summed E-state index contributed by atoms with van der Waals surface area (Å²) in [6.45, 7) is 3.19. The molecule has 0 radical (unpaired) electrons. The predicted octanol–water partition coefficient (Wildman–Crippen LogP) is 3.44. The summed E-state index contributed by atoms with van der Waals surface area (Å²) in [7, 11) is 0. The normalized spacial score (nSPS) is 19.8. The van der Waals surface area contributed by atoms with Crippen LogP contribution < -0.4 is 5.32 Å². The van der Waals surface area contributed by atoms with E-state index < -0.39 is 0 Å². The van der Waals surface area contributed by atoms with Crippen LogP contribution in [0.4, 0.5) is 4.39 Å². The lowest BCUT2D eigenvalue weighted by Gasteiger charge is -2.23. The Balaban J connectivity index is 1.67. The Labute approximate surface area is 150 Å². The van der Waals surface area contributed by atoms with Gasteiger partial charge in [-0.1, -0.05) is 6.07 Å². The second-order valence-electron chi connectivity index (χ2n) is 6.83. The highest BCUT2D eigenvalue weighted by Crippen LogP contribution is 2.25. The van der Waals surface area contributed by atoms with Crippen molar-refractivity contribution < 1.29 is 13.9 Å². The maximum absolute atomic E-state index is 13.2. The smallest absolute Gasteiger partial charge is 0.272 e. The van der Waals surface area contributed by atoms with Crippen LogP contribution in [0.15, 0.2) is 48.7 Å². The monoisotopic (exact) mass is 353 g/mol. The van der Waals surface area contributed by atoms with Gasteiger partial charge < -0.3 is 10.1 Å². The van der Waals surface area contributed by atoms with Crippen LogP contribution in [0.1, 0.15) is 30.3 Å². The topological polar surface area (TPSA) is 55.6 Å². The summed E-state index contributed by atoms with van der Waals surface area (Å²) < 4.78 is 20.8. The van der Waals surface area contributed by atoms with E-state index in [0.717, 1.165) is 25.0 Å². The van der Waals surface area contributed by atoms with Crippen LogP contribution in [0.2, 0.25) is 0 Å². The van der Waals surface area contributed by atoms with Gasteiger partial charge in [0.25, 0.3) is 5.91 Å². The van der Waals surface area contributed by atoms with Gasteiger partial charge in [0, 0.05) is 24.9 Å². The molecule has 3 heterocycles. The summed E-state index contributed by atoms with van der Waals surface area (Å²) in [5.74, 6) is 0.0604. The number of benzene rings is 1. The first-order valence-corrected chi connectivity index (χ1v) is 8.71. The molecule has 1 unspecified atom stereocenters. The summed E-state index contributed by atoms with van der Waals surface area (Å²) in [5, 5.41) is 2.95. The van der Waals surface area contributed by atoms with Gasteiger partial charge in [0.15, 0.2) is 5.69 Å². The molecule has 3 aromatic rings. The lowest BCUT2D eigenvalue weighted by molar-refractivity contribution is 0.0205. The van der Waals surface area contributed by atoms with Gasteiger partial charge in [-0.25, -0.2) is 9.37 Å². The largest absolute Gasteiger partial charge is 0.373 e. The van der Waals surface area contributed by atoms with Crippen LogP contribution >= 0.6 is 0 Å². The number of nitrogens with one attached hydrogen (secondary N) is 1. The number of nitrogens with zero attached hydrogens (tertiary/aromatic N) is 2. The molecule has 1 aliphatic rings. The zero-order valence-corrected chi connectivity index (χ0v) is 14.5. The third-order valence-corrected chi connectivity index (χ3v) is 4.79. The van der Waals surface area contributed by atoms with Crippen molar-refractivity contribution in [2.45, 2.75) is 25.4 Å². The number of hydrogen-bond acceptors (Lipinski definition) is 3. The molecule has 0 aliphatic carbocycles. The van der Waals surface area contributed by atoms with Gasteiger partial charge in [0.05, 0.1) is 11.1 Å². The summed E-state index contributed by atoms with van der Waals surface area (Å²) in [6, 6.07) is 11.7. The average Bonchev–Trinajstić information content (AvgIpc) is 3.25. The molecule has 1 fully saturated rings. The van der Waals surface area contributed by atoms with Crippen LogP contribution in [0.5, 0.6) is 0 Å². The first-order valence-electron chi connectivity index (χ1n) is 8.71. The summed E-state index contributed by atoms with van der Waals surface area (Å²) >= 11 is 0. The number of carbonyl (C=O) groups excluding carboxylic acids is 1. The second-order valence-corrected chi connectivity index (χ2v) is 6.83. The van der Waals surface area contributed by atoms with Crippen molar-refractivity contribution in [1.29, 1.82) is 0 Å². The third-order valence-electron chi connectivity index (χ3n) is 4.79. The van der Waals surface area contributed by atoms with Crippen LogP contribution in [-0.2, 0) is 4.74 Å². The molecule has 0 spiro atoms. The van der Waals surface area contributed by atoms with Crippen molar-refractivity contribution in [1.82, 2.24) is 14.7 Å². The Morgan fingerprint density at radius 1 is 1.31 bits per heavy atom. The number of aromatic nitrogens is 2. The number of halogens is 1. The minimum Gasteiger partial charge on any atom is -0.373 e. The number of carbonyl (C=O) groups is 1. The highest BCUT2D eigenvalue weighted by Gasteiger charge is 2.30. The Bertz CT molecular complexity index is 943. The van der Waals surface area contributed by atoms with Crippen molar-refractivity contribution in [3.63, 3.8) is 0 Å². The molecule has 134 valence electrons. The van der Waals surface area contributed by atoms with E-state index in [-0.39, 0.29) is 17.3 Å². The first-order chi connectivity index (χ1) is 12.6. The molecule has 1 aromatic carbocycles. The number of pyridine rings is 1. The second kappa shape index (κ2) is 6.53. The number of hydrogen-bond donors (Lipinski definition) is 1. The van der Waals surface area contributed by atoms with Gasteiger partial charge in [-0.2, -0.15) is 0 Å². The number of ether oxygens (including phenoxy) is 1. The van der Waals surface area contributed by atoms with E-state index in [2.05, 4.69) is 10.3 Å². The molecular weight excluding hydrogens is 333 g/mol. The molecule has 1 N–H and O–H groups in total. The van der Waals surface area contributed by atoms with Gasteiger partial charge in [-0.15, -0.1) is 0 Å². The highest BCUT2D eigenvalue weighted by molar-refractivity contribution is 6.00. The van der Waals surface area contributed by atoms with Crippen LogP contribution in [0, 0.1) is 5.82 Å². The third kappa shape index (κ3) is 3.08. The van der Waals surface area contributed by atoms with E-state index in [4.69, 9.17) is 4.74 Å². The molecule has 26 heavy (non-hydrogen) atoms. The molecule has 1 saturated heterocycles. The molecule has 0 saturated carbocycles. The summed E-state index contributed by atoms with van der Waals surface area (Å²) in [4.78, 5) is 17.3. The van der Waals surface area contributed by atoms with Crippen molar-refractivity contribution in [3.8, 4) is 11.4 Å². The molecule has 1 amide bonds. The van der Waals surface area contributed by atoms with Gasteiger partial charge >= 0.3 is 0 Å². The van der Waals surface area contributed by atoms with E-state index in [9.17, 15) is 9.18 Å². The van der Waals surface area contributed by atoms with Crippen molar-refractivity contribution in [2.24, 2.45) is 0 Å². The Hall–Kier alpha value is -2.73. The molecular formula is C20H20FN3O2. The minimum atomic E-state index is -0.314. The SMILES string of the molecule is CC1(CNC(=O)c2nc(-c3ccc(F)cc3)n3ccccc23)CCCO1.